The lowest BCUT2D eigenvalue weighted by molar-refractivity contribution is 0.316. The van der Waals surface area contributed by atoms with E-state index >= 15 is 0 Å². The summed E-state index contributed by atoms with van der Waals surface area (Å²) in [5.74, 6) is -0.395. The van der Waals surface area contributed by atoms with Gasteiger partial charge in [-0.1, -0.05) is 20.8 Å². The highest BCUT2D eigenvalue weighted by atomic mass is 79.9. The molecule has 0 aliphatic heterocycles. The van der Waals surface area contributed by atoms with Gasteiger partial charge in [0, 0.05) is 11.6 Å². The Morgan fingerprint density at radius 1 is 1.40 bits per heavy atom. The van der Waals surface area contributed by atoms with Gasteiger partial charge in [0.15, 0.2) is 0 Å². The van der Waals surface area contributed by atoms with Gasteiger partial charge in [0.25, 0.3) is 0 Å². The number of halogens is 2. The fraction of sp³-hybridized carbons (Fsp3) is 0.455. The minimum absolute atomic E-state index is 0.0128. The first-order valence-corrected chi connectivity index (χ1v) is 5.46. The fourth-order valence-electron chi connectivity index (χ4n) is 1.29. The van der Waals surface area contributed by atoms with Crippen molar-refractivity contribution in [2.75, 3.05) is 0 Å². The van der Waals surface area contributed by atoms with Crippen molar-refractivity contribution in [3.05, 3.63) is 28.0 Å². The van der Waals surface area contributed by atoms with Gasteiger partial charge in [-0.3, -0.25) is 0 Å². The summed E-state index contributed by atoms with van der Waals surface area (Å²) >= 11 is 3.09. The van der Waals surface area contributed by atoms with Crippen LogP contribution in [0.4, 0.5) is 4.39 Å². The van der Waals surface area contributed by atoms with E-state index in [4.69, 9.17) is 5.73 Å². The van der Waals surface area contributed by atoms with Crippen molar-refractivity contribution >= 4 is 15.9 Å². The van der Waals surface area contributed by atoms with Crippen molar-refractivity contribution < 1.29 is 9.50 Å². The Labute approximate surface area is 97.4 Å². The van der Waals surface area contributed by atoms with Crippen molar-refractivity contribution in [1.29, 1.82) is 0 Å². The number of phenolic OH excluding ortho intramolecular Hbond substituents is 1. The predicted octanol–water partition coefficient (Wildman–Crippen LogP) is 3.34. The Hall–Kier alpha value is -0.610. The normalized spacial score (nSPS) is 14.0. The zero-order valence-corrected chi connectivity index (χ0v) is 10.6. The molecule has 0 aliphatic rings. The highest BCUT2D eigenvalue weighted by Gasteiger charge is 2.26. The average molecular weight is 276 g/mol. The molecule has 0 spiro atoms. The third-order valence-electron chi connectivity index (χ3n) is 2.33. The second kappa shape index (κ2) is 4.10. The van der Waals surface area contributed by atoms with Crippen LogP contribution in [-0.2, 0) is 0 Å². The number of phenols is 1. The molecule has 84 valence electrons. The van der Waals surface area contributed by atoms with Crippen LogP contribution in [0.15, 0.2) is 16.6 Å². The van der Waals surface area contributed by atoms with E-state index < -0.39 is 11.9 Å². The molecule has 1 aromatic rings. The first-order chi connectivity index (χ1) is 6.73. The Kier molecular flexibility index (Phi) is 3.41. The maximum atomic E-state index is 13.2. The van der Waals surface area contributed by atoms with Crippen LogP contribution < -0.4 is 5.73 Å². The second-order valence-corrected chi connectivity index (χ2v) is 5.52. The van der Waals surface area contributed by atoms with E-state index in [0.717, 1.165) is 0 Å². The Bertz CT molecular complexity index is 374. The van der Waals surface area contributed by atoms with Gasteiger partial charge in [-0.25, -0.2) is 4.39 Å². The van der Waals surface area contributed by atoms with Gasteiger partial charge in [-0.15, -0.1) is 0 Å². The molecule has 0 fully saturated rings. The topological polar surface area (TPSA) is 46.2 Å². The summed E-state index contributed by atoms with van der Waals surface area (Å²) in [6, 6.07) is 2.08. The molecule has 0 aromatic heterocycles. The van der Waals surface area contributed by atoms with Crippen LogP contribution in [0, 0.1) is 11.2 Å². The van der Waals surface area contributed by atoms with Gasteiger partial charge in [0.05, 0.1) is 4.47 Å². The Balaban J connectivity index is 3.25. The SMILES string of the molecule is CC(C)(C)[C@@H](N)c1cc(F)cc(Br)c1O. The second-order valence-electron chi connectivity index (χ2n) is 4.67. The largest absolute Gasteiger partial charge is 0.506 e. The van der Waals surface area contributed by atoms with Gasteiger partial charge in [0.1, 0.15) is 11.6 Å². The molecule has 0 heterocycles. The summed E-state index contributed by atoms with van der Waals surface area (Å²) in [5.41, 5.74) is 6.16. The monoisotopic (exact) mass is 275 g/mol. The molecule has 0 saturated heterocycles. The maximum absolute atomic E-state index is 13.2. The van der Waals surface area contributed by atoms with Crippen molar-refractivity contribution in [1.82, 2.24) is 0 Å². The van der Waals surface area contributed by atoms with Crippen LogP contribution >= 0.6 is 15.9 Å². The summed E-state index contributed by atoms with van der Waals surface area (Å²) < 4.78 is 13.5. The molecule has 0 unspecified atom stereocenters. The highest BCUT2D eigenvalue weighted by molar-refractivity contribution is 9.10. The highest BCUT2D eigenvalue weighted by Crippen LogP contribution is 2.38. The van der Waals surface area contributed by atoms with E-state index in [1.807, 2.05) is 20.8 Å². The minimum Gasteiger partial charge on any atom is -0.506 e. The van der Waals surface area contributed by atoms with Crippen LogP contribution in [0.25, 0.3) is 0 Å². The average Bonchev–Trinajstić information content (AvgIpc) is 2.08. The van der Waals surface area contributed by atoms with Gasteiger partial charge in [0.2, 0.25) is 0 Å². The molecule has 0 bridgehead atoms. The first-order valence-electron chi connectivity index (χ1n) is 4.67. The molecule has 1 rings (SSSR count). The molecule has 0 saturated carbocycles. The van der Waals surface area contributed by atoms with E-state index in [0.29, 0.717) is 10.0 Å². The lowest BCUT2D eigenvalue weighted by atomic mass is 9.83. The molecule has 15 heavy (non-hydrogen) atoms. The van der Waals surface area contributed by atoms with Crippen molar-refractivity contribution in [3.63, 3.8) is 0 Å². The molecule has 0 aliphatic carbocycles. The van der Waals surface area contributed by atoms with Gasteiger partial charge in [-0.2, -0.15) is 0 Å². The standard InChI is InChI=1S/C11H15BrFNO/c1-11(2,3)10(14)7-4-6(13)5-8(12)9(7)15/h4-5,10,15H,14H2,1-3H3/t10-/m0/s1. The van der Waals surface area contributed by atoms with E-state index in [9.17, 15) is 9.50 Å². The zero-order chi connectivity index (χ0) is 11.8. The zero-order valence-electron chi connectivity index (χ0n) is 9.01. The van der Waals surface area contributed by atoms with E-state index in [1.54, 1.807) is 0 Å². The van der Waals surface area contributed by atoms with Crippen molar-refractivity contribution in [2.45, 2.75) is 26.8 Å². The number of aromatic hydroxyl groups is 1. The summed E-state index contributed by atoms with van der Waals surface area (Å²) in [7, 11) is 0. The number of hydrogen-bond acceptors (Lipinski definition) is 2. The Morgan fingerprint density at radius 2 is 1.93 bits per heavy atom. The molecule has 1 aromatic carbocycles. The van der Waals surface area contributed by atoms with E-state index in [1.165, 1.54) is 12.1 Å². The molecule has 0 radical (unpaired) electrons. The fourth-order valence-corrected chi connectivity index (χ4v) is 1.74. The van der Waals surface area contributed by atoms with Gasteiger partial charge < -0.3 is 10.8 Å². The first kappa shape index (κ1) is 12.5. The van der Waals surface area contributed by atoms with Crippen LogP contribution in [0.3, 0.4) is 0 Å². The third kappa shape index (κ3) is 2.69. The van der Waals surface area contributed by atoms with Crippen LogP contribution in [0.5, 0.6) is 5.75 Å². The van der Waals surface area contributed by atoms with Crippen LogP contribution in [0.2, 0.25) is 0 Å². The summed E-state index contributed by atoms with van der Waals surface area (Å²) in [6.07, 6.45) is 0. The molecule has 1 atom stereocenters. The number of rotatable bonds is 1. The van der Waals surface area contributed by atoms with Crippen molar-refractivity contribution in [2.24, 2.45) is 11.1 Å². The summed E-state index contributed by atoms with van der Waals surface area (Å²) in [4.78, 5) is 0. The Morgan fingerprint density at radius 3 is 2.40 bits per heavy atom. The lowest BCUT2D eigenvalue weighted by Gasteiger charge is -2.28. The van der Waals surface area contributed by atoms with Gasteiger partial charge >= 0.3 is 0 Å². The smallest absolute Gasteiger partial charge is 0.134 e. The lowest BCUT2D eigenvalue weighted by Crippen LogP contribution is -2.26. The summed E-state index contributed by atoms with van der Waals surface area (Å²) in [5, 5.41) is 9.76. The third-order valence-corrected chi connectivity index (χ3v) is 2.93. The number of benzene rings is 1. The molecule has 4 heteroatoms. The quantitative estimate of drug-likeness (QED) is 0.826. The molecular weight excluding hydrogens is 261 g/mol. The predicted molar refractivity (Wildman–Crippen MR) is 62.1 cm³/mol. The molecular formula is C11H15BrFNO. The summed E-state index contributed by atoms with van der Waals surface area (Å²) in [6.45, 7) is 5.82. The van der Waals surface area contributed by atoms with Gasteiger partial charge in [-0.05, 0) is 33.5 Å². The molecule has 0 amide bonds. The van der Waals surface area contributed by atoms with E-state index in [-0.39, 0.29) is 11.2 Å². The minimum atomic E-state index is -0.413. The number of nitrogens with two attached hydrogens (primary N) is 1. The van der Waals surface area contributed by atoms with Crippen LogP contribution in [0.1, 0.15) is 32.4 Å². The number of hydrogen-bond donors (Lipinski definition) is 2. The maximum Gasteiger partial charge on any atom is 0.134 e. The molecule has 3 N–H and O–H groups in total. The molecule has 2 nitrogen and oxygen atoms in total. The van der Waals surface area contributed by atoms with Crippen LogP contribution in [-0.4, -0.2) is 5.11 Å². The van der Waals surface area contributed by atoms with Crippen molar-refractivity contribution in [3.8, 4) is 5.75 Å². The van der Waals surface area contributed by atoms with E-state index in [2.05, 4.69) is 15.9 Å².